The summed E-state index contributed by atoms with van der Waals surface area (Å²) in [7, 11) is 0. The van der Waals surface area contributed by atoms with Gasteiger partial charge in [-0.15, -0.1) is 0 Å². The van der Waals surface area contributed by atoms with Crippen LogP contribution >= 0.6 is 0 Å². The highest BCUT2D eigenvalue weighted by Crippen LogP contribution is 2.21. The Morgan fingerprint density at radius 3 is 2.87 bits per heavy atom. The summed E-state index contributed by atoms with van der Waals surface area (Å²) in [5.41, 5.74) is 1.17. The molecule has 0 saturated heterocycles. The summed E-state index contributed by atoms with van der Waals surface area (Å²) in [5, 5.41) is 10.7. The fourth-order valence-electron chi connectivity index (χ4n) is 1.76. The lowest BCUT2D eigenvalue weighted by Gasteiger charge is -2.06. The summed E-state index contributed by atoms with van der Waals surface area (Å²) in [5.74, 6) is -0.971. The Morgan fingerprint density at radius 1 is 1.40 bits per heavy atom. The monoisotopic (exact) mass is 201 g/mol. The molecule has 2 rings (SSSR count). The maximum absolute atomic E-state index is 11.0. The van der Waals surface area contributed by atoms with Crippen molar-refractivity contribution >= 4 is 16.7 Å². The first kappa shape index (κ1) is 9.65. The van der Waals surface area contributed by atoms with E-state index in [0.717, 1.165) is 22.8 Å². The van der Waals surface area contributed by atoms with Gasteiger partial charge in [0, 0.05) is 11.6 Å². The molecule has 0 unspecified atom stereocenters. The predicted octanol–water partition coefficient (Wildman–Crippen LogP) is 2.50. The minimum absolute atomic E-state index is 0.143. The van der Waals surface area contributed by atoms with E-state index in [9.17, 15) is 4.79 Å². The number of fused-ring (bicyclic) bond motifs is 1. The van der Waals surface area contributed by atoms with E-state index in [0.29, 0.717) is 0 Å². The van der Waals surface area contributed by atoms with Gasteiger partial charge in [0.15, 0.2) is 5.69 Å². The Morgan fingerprint density at radius 2 is 2.20 bits per heavy atom. The van der Waals surface area contributed by atoms with Crippen LogP contribution in [0.1, 0.15) is 23.0 Å². The fourth-order valence-corrected chi connectivity index (χ4v) is 1.76. The molecule has 0 amide bonds. The zero-order chi connectivity index (χ0) is 10.8. The molecule has 0 aliphatic heterocycles. The molecule has 0 fully saturated rings. The SMILES string of the molecule is CCc1cccc2ccnc(C(=O)O)c12. The van der Waals surface area contributed by atoms with Crippen LogP contribution in [0.5, 0.6) is 0 Å². The molecule has 0 aliphatic carbocycles. The van der Waals surface area contributed by atoms with Crippen molar-refractivity contribution in [2.24, 2.45) is 0 Å². The van der Waals surface area contributed by atoms with E-state index in [4.69, 9.17) is 5.11 Å². The Hall–Kier alpha value is -1.90. The summed E-state index contributed by atoms with van der Waals surface area (Å²) in [6.07, 6.45) is 2.34. The van der Waals surface area contributed by atoms with Crippen molar-refractivity contribution in [1.82, 2.24) is 4.98 Å². The maximum Gasteiger partial charge on any atom is 0.355 e. The van der Waals surface area contributed by atoms with Gasteiger partial charge in [-0.1, -0.05) is 25.1 Å². The topological polar surface area (TPSA) is 50.2 Å². The number of hydrogen-bond donors (Lipinski definition) is 1. The van der Waals surface area contributed by atoms with Crippen molar-refractivity contribution in [3.8, 4) is 0 Å². The molecular formula is C12H11NO2. The average molecular weight is 201 g/mol. The lowest BCUT2D eigenvalue weighted by molar-refractivity contribution is 0.0693. The molecule has 0 radical (unpaired) electrons. The van der Waals surface area contributed by atoms with Gasteiger partial charge in [-0.2, -0.15) is 0 Å². The van der Waals surface area contributed by atoms with E-state index in [1.807, 2.05) is 31.2 Å². The standard InChI is InChI=1S/C12H11NO2/c1-2-8-4-3-5-9-6-7-13-11(10(8)9)12(14)15/h3-7H,2H2,1H3,(H,14,15). The fraction of sp³-hybridized carbons (Fsp3) is 0.167. The zero-order valence-electron chi connectivity index (χ0n) is 8.40. The molecule has 2 aromatic rings. The molecule has 76 valence electrons. The molecule has 0 bridgehead atoms. The largest absolute Gasteiger partial charge is 0.476 e. The van der Waals surface area contributed by atoms with Crippen LogP contribution in [0.15, 0.2) is 30.5 Å². The molecular weight excluding hydrogens is 190 g/mol. The van der Waals surface area contributed by atoms with Crippen molar-refractivity contribution in [2.75, 3.05) is 0 Å². The van der Waals surface area contributed by atoms with Crippen LogP contribution in [0.25, 0.3) is 10.8 Å². The molecule has 15 heavy (non-hydrogen) atoms. The number of aromatic carboxylic acids is 1. The molecule has 3 nitrogen and oxygen atoms in total. The summed E-state index contributed by atoms with van der Waals surface area (Å²) in [6, 6.07) is 7.62. The number of carbonyl (C=O) groups is 1. The summed E-state index contributed by atoms with van der Waals surface area (Å²) >= 11 is 0. The van der Waals surface area contributed by atoms with E-state index in [-0.39, 0.29) is 5.69 Å². The van der Waals surface area contributed by atoms with Crippen LogP contribution in [-0.2, 0) is 6.42 Å². The van der Waals surface area contributed by atoms with Gasteiger partial charge in [-0.05, 0) is 23.4 Å². The minimum atomic E-state index is -0.971. The van der Waals surface area contributed by atoms with Crippen LogP contribution in [0, 0.1) is 0 Å². The van der Waals surface area contributed by atoms with Crippen molar-refractivity contribution in [1.29, 1.82) is 0 Å². The van der Waals surface area contributed by atoms with Gasteiger partial charge < -0.3 is 5.11 Å². The second kappa shape index (κ2) is 3.69. The molecule has 3 heteroatoms. The van der Waals surface area contributed by atoms with E-state index >= 15 is 0 Å². The minimum Gasteiger partial charge on any atom is -0.476 e. The second-order valence-electron chi connectivity index (χ2n) is 3.33. The third-order valence-corrected chi connectivity index (χ3v) is 2.46. The van der Waals surface area contributed by atoms with Gasteiger partial charge in [0.25, 0.3) is 0 Å². The van der Waals surface area contributed by atoms with E-state index in [1.165, 1.54) is 6.20 Å². The van der Waals surface area contributed by atoms with Gasteiger partial charge >= 0.3 is 5.97 Å². The molecule has 1 aromatic heterocycles. The summed E-state index contributed by atoms with van der Waals surface area (Å²) in [4.78, 5) is 14.9. The van der Waals surface area contributed by atoms with E-state index in [1.54, 1.807) is 0 Å². The van der Waals surface area contributed by atoms with Gasteiger partial charge in [-0.3, -0.25) is 0 Å². The van der Waals surface area contributed by atoms with Crippen molar-refractivity contribution in [2.45, 2.75) is 13.3 Å². The third-order valence-electron chi connectivity index (χ3n) is 2.46. The number of aromatic nitrogens is 1. The number of nitrogens with zero attached hydrogens (tertiary/aromatic N) is 1. The van der Waals surface area contributed by atoms with Gasteiger partial charge in [0.2, 0.25) is 0 Å². The molecule has 0 spiro atoms. The predicted molar refractivity (Wildman–Crippen MR) is 58.1 cm³/mol. The van der Waals surface area contributed by atoms with Crippen LogP contribution in [-0.4, -0.2) is 16.1 Å². The summed E-state index contributed by atoms with van der Waals surface area (Å²) in [6.45, 7) is 2.01. The molecule has 0 atom stereocenters. The van der Waals surface area contributed by atoms with Gasteiger partial charge in [0.05, 0.1) is 0 Å². The normalized spacial score (nSPS) is 10.5. The van der Waals surface area contributed by atoms with E-state index < -0.39 is 5.97 Å². The first-order valence-electron chi connectivity index (χ1n) is 4.84. The number of hydrogen-bond acceptors (Lipinski definition) is 2. The highest BCUT2D eigenvalue weighted by molar-refractivity contribution is 6.03. The Balaban J connectivity index is 2.87. The molecule has 1 heterocycles. The highest BCUT2D eigenvalue weighted by Gasteiger charge is 2.11. The number of benzene rings is 1. The highest BCUT2D eigenvalue weighted by atomic mass is 16.4. The van der Waals surface area contributed by atoms with Crippen molar-refractivity contribution in [3.63, 3.8) is 0 Å². The van der Waals surface area contributed by atoms with Gasteiger partial charge in [0.1, 0.15) is 0 Å². The Labute approximate surface area is 87.4 Å². The molecule has 1 N–H and O–H groups in total. The van der Waals surface area contributed by atoms with Gasteiger partial charge in [-0.25, -0.2) is 9.78 Å². The third kappa shape index (κ3) is 1.56. The van der Waals surface area contributed by atoms with E-state index in [2.05, 4.69) is 4.98 Å². The first-order chi connectivity index (χ1) is 7.24. The summed E-state index contributed by atoms with van der Waals surface area (Å²) < 4.78 is 0. The number of carboxylic acids is 1. The number of rotatable bonds is 2. The zero-order valence-corrected chi connectivity index (χ0v) is 8.40. The lowest BCUT2D eigenvalue weighted by atomic mass is 10.0. The maximum atomic E-state index is 11.0. The number of aryl methyl sites for hydroxylation is 1. The van der Waals surface area contributed by atoms with Crippen LogP contribution in [0.4, 0.5) is 0 Å². The quantitative estimate of drug-likeness (QED) is 0.812. The number of pyridine rings is 1. The van der Waals surface area contributed by atoms with Crippen LogP contribution in [0.3, 0.4) is 0 Å². The van der Waals surface area contributed by atoms with Crippen molar-refractivity contribution < 1.29 is 9.90 Å². The van der Waals surface area contributed by atoms with Crippen molar-refractivity contribution in [3.05, 3.63) is 41.7 Å². The lowest BCUT2D eigenvalue weighted by Crippen LogP contribution is -2.02. The Kier molecular flexibility index (Phi) is 2.37. The smallest absolute Gasteiger partial charge is 0.355 e. The number of carboxylic acid groups (broad SMARTS) is 1. The van der Waals surface area contributed by atoms with Crippen LogP contribution in [0.2, 0.25) is 0 Å². The average Bonchev–Trinajstić information content (AvgIpc) is 2.27. The van der Waals surface area contributed by atoms with Crippen LogP contribution < -0.4 is 0 Å². The molecule has 0 aliphatic rings. The molecule has 0 saturated carbocycles. The molecule has 1 aromatic carbocycles. The second-order valence-corrected chi connectivity index (χ2v) is 3.33. The first-order valence-corrected chi connectivity index (χ1v) is 4.84. The Bertz CT molecular complexity index is 515.